The van der Waals surface area contributed by atoms with Gasteiger partial charge in [0.25, 0.3) is 0 Å². The summed E-state index contributed by atoms with van der Waals surface area (Å²) in [5, 5.41) is 0. The molecule has 2 heteroatoms. The maximum atomic E-state index is 5.53. The monoisotopic (exact) mass is 163 g/mol. The fraction of sp³-hybridized carbons (Fsp3) is 0.200. The molecule has 1 aromatic carbocycles. The summed E-state index contributed by atoms with van der Waals surface area (Å²) in [7, 11) is 1.67. The number of rotatable bonds is 3. The largest absolute Gasteiger partial charge is 0.399 e. The molecule has 0 saturated heterocycles. The van der Waals surface area contributed by atoms with E-state index in [-0.39, 0.29) is 0 Å². The van der Waals surface area contributed by atoms with Crippen molar-refractivity contribution < 1.29 is 4.74 Å². The smallest absolute Gasteiger partial charge is 0.0646 e. The molecule has 12 heavy (non-hydrogen) atoms. The predicted octanol–water partition coefficient (Wildman–Crippen LogP) is 1.93. The van der Waals surface area contributed by atoms with Gasteiger partial charge in [-0.1, -0.05) is 24.3 Å². The van der Waals surface area contributed by atoms with Crippen LogP contribution in [0.25, 0.3) is 6.08 Å². The van der Waals surface area contributed by atoms with Crippen LogP contribution in [-0.2, 0) is 4.74 Å². The molecular weight excluding hydrogens is 150 g/mol. The Morgan fingerprint density at radius 2 is 2.00 bits per heavy atom. The SMILES string of the molecule is COCC=Cc1ccc(N)cc1. The van der Waals surface area contributed by atoms with E-state index in [0.717, 1.165) is 11.3 Å². The summed E-state index contributed by atoms with van der Waals surface area (Å²) < 4.78 is 4.88. The standard InChI is InChI=1S/C10H13NO/c1-12-8-2-3-9-4-6-10(11)7-5-9/h2-7H,8,11H2,1H3. The highest BCUT2D eigenvalue weighted by Gasteiger charge is 1.85. The molecule has 0 bridgehead atoms. The van der Waals surface area contributed by atoms with Gasteiger partial charge in [-0.05, 0) is 17.7 Å². The van der Waals surface area contributed by atoms with E-state index < -0.39 is 0 Å². The Morgan fingerprint density at radius 3 is 2.58 bits per heavy atom. The number of hydrogen-bond acceptors (Lipinski definition) is 2. The molecule has 1 aromatic rings. The second kappa shape index (κ2) is 4.57. The number of anilines is 1. The first-order chi connectivity index (χ1) is 5.83. The Bertz CT molecular complexity index is 251. The molecule has 0 amide bonds. The van der Waals surface area contributed by atoms with Crippen LogP contribution < -0.4 is 5.73 Å². The lowest BCUT2D eigenvalue weighted by Crippen LogP contribution is -1.83. The normalized spacial score (nSPS) is 10.8. The Balaban J connectivity index is 2.58. The molecular formula is C10H13NO. The number of methoxy groups -OCH3 is 1. The molecule has 0 aliphatic carbocycles. The number of ether oxygens (including phenoxy) is 1. The van der Waals surface area contributed by atoms with Crippen LogP contribution in [0.5, 0.6) is 0 Å². The molecule has 2 nitrogen and oxygen atoms in total. The van der Waals surface area contributed by atoms with Gasteiger partial charge < -0.3 is 10.5 Å². The van der Waals surface area contributed by atoms with Crippen molar-refractivity contribution in [2.24, 2.45) is 0 Å². The molecule has 0 fully saturated rings. The number of nitrogens with two attached hydrogens (primary N) is 1. The van der Waals surface area contributed by atoms with Crippen LogP contribution in [-0.4, -0.2) is 13.7 Å². The molecule has 0 saturated carbocycles. The van der Waals surface area contributed by atoms with Crippen LogP contribution in [0.3, 0.4) is 0 Å². The summed E-state index contributed by atoms with van der Waals surface area (Å²) in [4.78, 5) is 0. The number of hydrogen-bond donors (Lipinski definition) is 1. The average Bonchev–Trinajstić information content (AvgIpc) is 2.09. The molecule has 0 aliphatic rings. The van der Waals surface area contributed by atoms with E-state index in [2.05, 4.69) is 0 Å². The second-order valence-corrected chi connectivity index (χ2v) is 2.52. The first-order valence-electron chi connectivity index (χ1n) is 3.84. The van der Waals surface area contributed by atoms with Crippen molar-refractivity contribution in [1.82, 2.24) is 0 Å². The molecule has 0 spiro atoms. The summed E-state index contributed by atoms with van der Waals surface area (Å²) in [6.07, 6.45) is 3.97. The molecule has 0 aromatic heterocycles. The van der Waals surface area contributed by atoms with Gasteiger partial charge in [0.1, 0.15) is 0 Å². The Labute approximate surface area is 72.7 Å². The van der Waals surface area contributed by atoms with Gasteiger partial charge in [0, 0.05) is 12.8 Å². The first kappa shape index (κ1) is 8.81. The van der Waals surface area contributed by atoms with E-state index in [1.165, 1.54) is 0 Å². The first-order valence-corrected chi connectivity index (χ1v) is 3.84. The minimum absolute atomic E-state index is 0.643. The van der Waals surface area contributed by atoms with Crippen LogP contribution in [0.4, 0.5) is 5.69 Å². The minimum Gasteiger partial charge on any atom is -0.399 e. The zero-order valence-corrected chi connectivity index (χ0v) is 7.16. The van der Waals surface area contributed by atoms with Crippen molar-refractivity contribution in [3.63, 3.8) is 0 Å². The van der Waals surface area contributed by atoms with Crippen molar-refractivity contribution >= 4 is 11.8 Å². The topological polar surface area (TPSA) is 35.2 Å². The van der Waals surface area contributed by atoms with Crippen molar-refractivity contribution in [2.45, 2.75) is 0 Å². The average molecular weight is 163 g/mol. The summed E-state index contributed by atoms with van der Waals surface area (Å²) in [5.74, 6) is 0. The maximum absolute atomic E-state index is 5.53. The Kier molecular flexibility index (Phi) is 3.35. The highest BCUT2D eigenvalue weighted by atomic mass is 16.5. The lowest BCUT2D eigenvalue weighted by molar-refractivity contribution is 0.234. The van der Waals surface area contributed by atoms with Crippen LogP contribution in [0.15, 0.2) is 30.3 Å². The van der Waals surface area contributed by atoms with Crippen molar-refractivity contribution in [2.75, 3.05) is 19.5 Å². The van der Waals surface area contributed by atoms with Crippen molar-refractivity contribution in [1.29, 1.82) is 0 Å². The van der Waals surface area contributed by atoms with Gasteiger partial charge in [-0.15, -0.1) is 0 Å². The van der Waals surface area contributed by atoms with Gasteiger partial charge in [-0.25, -0.2) is 0 Å². The van der Waals surface area contributed by atoms with E-state index in [1.807, 2.05) is 36.4 Å². The summed E-state index contributed by atoms with van der Waals surface area (Å²) in [5.41, 5.74) is 7.46. The summed E-state index contributed by atoms with van der Waals surface area (Å²) in [6.45, 7) is 0.643. The van der Waals surface area contributed by atoms with Gasteiger partial charge in [-0.3, -0.25) is 0 Å². The van der Waals surface area contributed by atoms with Crippen molar-refractivity contribution in [3.8, 4) is 0 Å². The summed E-state index contributed by atoms with van der Waals surface area (Å²) >= 11 is 0. The molecule has 0 radical (unpaired) electrons. The van der Waals surface area contributed by atoms with Gasteiger partial charge in [0.15, 0.2) is 0 Å². The molecule has 0 heterocycles. The predicted molar refractivity (Wildman–Crippen MR) is 51.8 cm³/mol. The quantitative estimate of drug-likeness (QED) is 0.691. The molecule has 2 N–H and O–H groups in total. The third-order valence-corrected chi connectivity index (χ3v) is 1.51. The Morgan fingerprint density at radius 1 is 1.33 bits per heavy atom. The van der Waals surface area contributed by atoms with Crippen LogP contribution in [0.2, 0.25) is 0 Å². The van der Waals surface area contributed by atoms with E-state index in [0.29, 0.717) is 6.61 Å². The Hall–Kier alpha value is -1.28. The molecule has 64 valence electrons. The molecule has 1 rings (SSSR count). The van der Waals surface area contributed by atoms with Gasteiger partial charge in [0.05, 0.1) is 6.61 Å². The van der Waals surface area contributed by atoms with Gasteiger partial charge >= 0.3 is 0 Å². The van der Waals surface area contributed by atoms with Crippen LogP contribution >= 0.6 is 0 Å². The zero-order valence-electron chi connectivity index (χ0n) is 7.16. The van der Waals surface area contributed by atoms with Crippen LogP contribution in [0, 0.1) is 0 Å². The van der Waals surface area contributed by atoms with Gasteiger partial charge in [-0.2, -0.15) is 0 Å². The van der Waals surface area contributed by atoms with E-state index in [4.69, 9.17) is 10.5 Å². The van der Waals surface area contributed by atoms with E-state index in [1.54, 1.807) is 7.11 Å². The van der Waals surface area contributed by atoms with Gasteiger partial charge in [0.2, 0.25) is 0 Å². The highest BCUT2D eigenvalue weighted by molar-refractivity contribution is 5.53. The fourth-order valence-corrected chi connectivity index (χ4v) is 0.888. The lowest BCUT2D eigenvalue weighted by Gasteiger charge is -1.94. The highest BCUT2D eigenvalue weighted by Crippen LogP contribution is 2.06. The molecule has 0 atom stereocenters. The second-order valence-electron chi connectivity index (χ2n) is 2.52. The number of benzene rings is 1. The van der Waals surface area contributed by atoms with Crippen LogP contribution in [0.1, 0.15) is 5.56 Å². The minimum atomic E-state index is 0.643. The van der Waals surface area contributed by atoms with E-state index in [9.17, 15) is 0 Å². The summed E-state index contributed by atoms with van der Waals surface area (Å²) in [6, 6.07) is 7.71. The third kappa shape index (κ3) is 2.76. The van der Waals surface area contributed by atoms with E-state index >= 15 is 0 Å². The van der Waals surface area contributed by atoms with Crippen molar-refractivity contribution in [3.05, 3.63) is 35.9 Å². The lowest BCUT2D eigenvalue weighted by atomic mass is 10.2. The zero-order chi connectivity index (χ0) is 8.81. The molecule has 0 aliphatic heterocycles. The third-order valence-electron chi connectivity index (χ3n) is 1.51. The maximum Gasteiger partial charge on any atom is 0.0646 e. The fourth-order valence-electron chi connectivity index (χ4n) is 0.888. The molecule has 0 unspecified atom stereocenters. The number of nitrogen functional groups attached to an aromatic ring is 1.